The minimum Gasteiger partial charge on any atom is -0.372 e. The van der Waals surface area contributed by atoms with Crippen molar-refractivity contribution >= 4 is 0 Å². The molecule has 1 unspecified atom stereocenters. The molecular weight excluding hydrogens is 186 g/mol. The summed E-state index contributed by atoms with van der Waals surface area (Å²) in [6.45, 7) is 4.38. The largest absolute Gasteiger partial charge is 0.372 e. The summed E-state index contributed by atoms with van der Waals surface area (Å²) in [5.74, 6) is 1.85. The molecule has 0 bridgehead atoms. The van der Waals surface area contributed by atoms with E-state index < -0.39 is 0 Å². The fraction of sp³-hybridized carbons (Fsp3) is 1.00. The molecule has 0 radical (unpaired) electrons. The van der Waals surface area contributed by atoms with Gasteiger partial charge in [0.15, 0.2) is 0 Å². The standard InChI is InChI=1S/C13H23NO/c1-10-4-6-13(7-5-10)12(11-2-3-11)14-8-9-15-13/h10-12,14H,2-9H2,1H3. The van der Waals surface area contributed by atoms with Crippen molar-refractivity contribution in [3.63, 3.8) is 0 Å². The summed E-state index contributed by atoms with van der Waals surface area (Å²) in [6.07, 6.45) is 8.18. The van der Waals surface area contributed by atoms with E-state index in [-0.39, 0.29) is 5.60 Å². The van der Waals surface area contributed by atoms with Crippen LogP contribution in [0.15, 0.2) is 0 Å². The number of rotatable bonds is 1. The van der Waals surface area contributed by atoms with Gasteiger partial charge in [0.25, 0.3) is 0 Å². The molecular formula is C13H23NO. The molecule has 0 aromatic rings. The first-order valence-corrected chi connectivity index (χ1v) is 6.67. The molecule has 15 heavy (non-hydrogen) atoms. The molecule has 2 heteroatoms. The molecule has 3 fully saturated rings. The fourth-order valence-corrected chi connectivity index (χ4v) is 3.48. The van der Waals surface area contributed by atoms with Gasteiger partial charge in [0.2, 0.25) is 0 Å². The number of ether oxygens (including phenoxy) is 1. The quantitative estimate of drug-likeness (QED) is 0.715. The van der Waals surface area contributed by atoms with E-state index in [4.69, 9.17) is 4.74 Å². The first-order valence-electron chi connectivity index (χ1n) is 6.67. The molecule has 1 saturated heterocycles. The predicted octanol–water partition coefficient (Wildman–Crippen LogP) is 2.33. The Bertz CT molecular complexity index is 229. The molecule has 3 aliphatic rings. The molecule has 2 nitrogen and oxygen atoms in total. The summed E-state index contributed by atoms with van der Waals surface area (Å²) in [4.78, 5) is 0. The number of nitrogens with one attached hydrogen (secondary N) is 1. The first-order chi connectivity index (χ1) is 7.30. The highest BCUT2D eigenvalue weighted by Gasteiger charge is 2.49. The summed E-state index contributed by atoms with van der Waals surface area (Å²) in [6, 6.07) is 0.679. The lowest BCUT2D eigenvalue weighted by atomic mass is 9.73. The molecule has 1 spiro atoms. The maximum Gasteiger partial charge on any atom is 0.0838 e. The first kappa shape index (κ1) is 10.1. The molecule has 0 amide bonds. The summed E-state index contributed by atoms with van der Waals surface area (Å²) >= 11 is 0. The third-order valence-electron chi connectivity index (χ3n) is 4.64. The van der Waals surface area contributed by atoms with E-state index in [1.165, 1.54) is 38.5 Å². The minimum absolute atomic E-state index is 0.228. The lowest BCUT2D eigenvalue weighted by Gasteiger charge is -2.48. The van der Waals surface area contributed by atoms with E-state index >= 15 is 0 Å². The van der Waals surface area contributed by atoms with Crippen LogP contribution in [0.3, 0.4) is 0 Å². The lowest BCUT2D eigenvalue weighted by molar-refractivity contribution is -0.127. The average Bonchev–Trinajstić information content (AvgIpc) is 3.07. The fourth-order valence-electron chi connectivity index (χ4n) is 3.48. The minimum atomic E-state index is 0.228. The zero-order chi connectivity index (χ0) is 10.3. The summed E-state index contributed by atoms with van der Waals surface area (Å²) in [5.41, 5.74) is 0.228. The van der Waals surface area contributed by atoms with Crippen LogP contribution >= 0.6 is 0 Å². The van der Waals surface area contributed by atoms with E-state index in [1.54, 1.807) is 0 Å². The van der Waals surface area contributed by atoms with Crippen LogP contribution < -0.4 is 5.32 Å². The van der Waals surface area contributed by atoms with Crippen LogP contribution in [0.1, 0.15) is 45.4 Å². The Morgan fingerprint density at radius 2 is 1.87 bits per heavy atom. The third kappa shape index (κ3) is 1.83. The second-order valence-electron chi connectivity index (χ2n) is 5.86. The monoisotopic (exact) mass is 209 g/mol. The molecule has 1 atom stereocenters. The Morgan fingerprint density at radius 3 is 2.53 bits per heavy atom. The van der Waals surface area contributed by atoms with Crippen LogP contribution in [0, 0.1) is 11.8 Å². The topological polar surface area (TPSA) is 21.3 Å². The van der Waals surface area contributed by atoms with Crippen LogP contribution in [0.25, 0.3) is 0 Å². The Morgan fingerprint density at radius 1 is 1.13 bits per heavy atom. The van der Waals surface area contributed by atoms with Crippen molar-refractivity contribution in [2.24, 2.45) is 11.8 Å². The van der Waals surface area contributed by atoms with Crippen molar-refractivity contribution in [3.8, 4) is 0 Å². The van der Waals surface area contributed by atoms with Gasteiger partial charge in [-0.3, -0.25) is 0 Å². The number of morpholine rings is 1. The molecule has 2 saturated carbocycles. The molecule has 86 valence electrons. The predicted molar refractivity (Wildman–Crippen MR) is 60.8 cm³/mol. The van der Waals surface area contributed by atoms with Crippen LogP contribution in [-0.4, -0.2) is 24.8 Å². The summed E-state index contributed by atoms with van der Waals surface area (Å²) in [7, 11) is 0. The summed E-state index contributed by atoms with van der Waals surface area (Å²) in [5, 5.41) is 3.73. The van der Waals surface area contributed by atoms with Gasteiger partial charge in [-0.1, -0.05) is 6.92 Å². The van der Waals surface area contributed by atoms with Crippen molar-refractivity contribution in [2.45, 2.75) is 57.1 Å². The molecule has 0 aromatic heterocycles. The molecule has 1 aliphatic heterocycles. The van der Waals surface area contributed by atoms with Crippen LogP contribution in [0.5, 0.6) is 0 Å². The average molecular weight is 209 g/mol. The van der Waals surface area contributed by atoms with Crippen molar-refractivity contribution in [1.29, 1.82) is 0 Å². The Hall–Kier alpha value is -0.0800. The second kappa shape index (κ2) is 3.74. The lowest BCUT2D eigenvalue weighted by Crippen LogP contribution is -2.60. The summed E-state index contributed by atoms with van der Waals surface area (Å²) < 4.78 is 6.21. The van der Waals surface area contributed by atoms with Gasteiger partial charge in [0.1, 0.15) is 0 Å². The van der Waals surface area contributed by atoms with Crippen LogP contribution in [0.2, 0.25) is 0 Å². The van der Waals surface area contributed by atoms with E-state index in [9.17, 15) is 0 Å². The second-order valence-corrected chi connectivity index (χ2v) is 5.86. The van der Waals surface area contributed by atoms with Gasteiger partial charge in [-0.15, -0.1) is 0 Å². The highest BCUT2D eigenvalue weighted by Crippen LogP contribution is 2.46. The number of hydrogen-bond donors (Lipinski definition) is 1. The Kier molecular flexibility index (Phi) is 2.52. The van der Waals surface area contributed by atoms with E-state index in [1.807, 2.05) is 0 Å². The van der Waals surface area contributed by atoms with Gasteiger partial charge in [-0.05, 0) is 50.4 Å². The highest BCUT2D eigenvalue weighted by atomic mass is 16.5. The smallest absolute Gasteiger partial charge is 0.0838 e. The number of hydrogen-bond acceptors (Lipinski definition) is 2. The Labute approximate surface area is 92.8 Å². The van der Waals surface area contributed by atoms with Gasteiger partial charge in [-0.2, -0.15) is 0 Å². The van der Waals surface area contributed by atoms with E-state index in [0.717, 1.165) is 25.0 Å². The maximum atomic E-state index is 6.21. The van der Waals surface area contributed by atoms with Crippen molar-refractivity contribution in [3.05, 3.63) is 0 Å². The van der Waals surface area contributed by atoms with Gasteiger partial charge in [0.05, 0.1) is 12.2 Å². The molecule has 1 heterocycles. The molecule has 0 aromatic carbocycles. The zero-order valence-electron chi connectivity index (χ0n) is 9.80. The molecule has 1 N–H and O–H groups in total. The van der Waals surface area contributed by atoms with Crippen molar-refractivity contribution < 1.29 is 4.74 Å². The maximum absolute atomic E-state index is 6.21. The highest BCUT2D eigenvalue weighted by molar-refractivity contribution is 5.04. The Balaban J connectivity index is 1.74. The van der Waals surface area contributed by atoms with Crippen molar-refractivity contribution in [2.75, 3.05) is 13.2 Å². The van der Waals surface area contributed by atoms with Gasteiger partial charge >= 0.3 is 0 Å². The van der Waals surface area contributed by atoms with Crippen molar-refractivity contribution in [1.82, 2.24) is 5.32 Å². The van der Waals surface area contributed by atoms with Crippen LogP contribution in [-0.2, 0) is 4.74 Å². The van der Waals surface area contributed by atoms with E-state index in [2.05, 4.69) is 12.2 Å². The zero-order valence-corrected chi connectivity index (χ0v) is 9.80. The van der Waals surface area contributed by atoms with Gasteiger partial charge < -0.3 is 10.1 Å². The van der Waals surface area contributed by atoms with E-state index in [0.29, 0.717) is 6.04 Å². The molecule has 3 rings (SSSR count). The normalized spacial score (nSPS) is 47.0. The third-order valence-corrected chi connectivity index (χ3v) is 4.64. The SMILES string of the molecule is CC1CCC2(CC1)OCCNC2C1CC1. The molecule has 2 aliphatic carbocycles. The van der Waals surface area contributed by atoms with Gasteiger partial charge in [-0.25, -0.2) is 0 Å². The van der Waals surface area contributed by atoms with Gasteiger partial charge in [0, 0.05) is 12.6 Å². The van der Waals surface area contributed by atoms with Crippen LogP contribution in [0.4, 0.5) is 0 Å².